The van der Waals surface area contributed by atoms with Gasteiger partial charge in [0.25, 0.3) is 0 Å². The van der Waals surface area contributed by atoms with Crippen molar-refractivity contribution in [1.29, 1.82) is 0 Å². The van der Waals surface area contributed by atoms with E-state index in [2.05, 4.69) is 17.5 Å². The highest BCUT2D eigenvalue weighted by molar-refractivity contribution is 5.12. The average Bonchev–Trinajstić information content (AvgIpc) is 2.77. The summed E-state index contributed by atoms with van der Waals surface area (Å²) in [5, 5.41) is 3.73. The number of hydrogen-bond donors (Lipinski definition) is 1. The lowest BCUT2D eigenvalue weighted by Crippen LogP contribution is -2.40. The fourth-order valence-corrected chi connectivity index (χ4v) is 2.94. The maximum absolute atomic E-state index is 5.37. The molecule has 0 aromatic rings. The van der Waals surface area contributed by atoms with Gasteiger partial charge in [0.05, 0.1) is 6.61 Å². The topological polar surface area (TPSA) is 21.3 Å². The zero-order valence-electron chi connectivity index (χ0n) is 7.91. The standard InChI is InChI=1S/C11H17NO/c1-2-9-5-8(1)6-11(9)12-10-3-4-13-7-10/h1-2,8-12H,3-7H2/t8-,9+,10?,11?/m1/s1. The van der Waals surface area contributed by atoms with Crippen molar-refractivity contribution in [3.05, 3.63) is 12.2 Å². The van der Waals surface area contributed by atoms with Crippen LogP contribution in [0.25, 0.3) is 0 Å². The van der Waals surface area contributed by atoms with E-state index in [1.807, 2.05) is 0 Å². The number of ether oxygens (including phenoxy) is 1. The molecule has 2 aliphatic carbocycles. The number of nitrogens with one attached hydrogen (secondary N) is 1. The number of fused-ring (bicyclic) bond motifs is 2. The highest BCUT2D eigenvalue weighted by Gasteiger charge is 2.36. The molecule has 3 rings (SSSR count). The predicted octanol–water partition coefficient (Wildman–Crippen LogP) is 1.33. The quantitative estimate of drug-likeness (QED) is 0.646. The Labute approximate surface area is 79.3 Å². The zero-order valence-corrected chi connectivity index (χ0v) is 7.91. The molecule has 2 heteroatoms. The molecule has 0 spiro atoms. The van der Waals surface area contributed by atoms with Crippen molar-refractivity contribution in [2.75, 3.05) is 13.2 Å². The number of hydrogen-bond acceptors (Lipinski definition) is 2. The van der Waals surface area contributed by atoms with Crippen LogP contribution in [0.2, 0.25) is 0 Å². The Kier molecular flexibility index (Phi) is 1.91. The molecule has 1 saturated carbocycles. The van der Waals surface area contributed by atoms with Crippen molar-refractivity contribution in [2.24, 2.45) is 11.8 Å². The maximum atomic E-state index is 5.37. The first kappa shape index (κ1) is 8.01. The average molecular weight is 179 g/mol. The van der Waals surface area contributed by atoms with Crippen LogP contribution in [-0.2, 0) is 4.74 Å². The Morgan fingerprint density at radius 3 is 2.85 bits per heavy atom. The van der Waals surface area contributed by atoms with Gasteiger partial charge in [-0.05, 0) is 31.1 Å². The summed E-state index contributed by atoms with van der Waals surface area (Å²) in [5.74, 6) is 1.70. The van der Waals surface area contributed by atoms with Gasteiger partial charge in [-0.25, -0.2) is 0 Å². The molecule has 0 aromatic carbocycles. The Morgan fingerprint density at radius 1 is 1.23 bits per heavy atom. The van der Waals surface area contributed by atoms with Crippen molar-refractivity contribution < 1.29 is 4.74 Å². The van der Waals surface area contributed by atoms with E-state index in [1.54, 1.807) is 0 Å². The van der Waals surface area contributed by atoms with Gasteiger partial charge >= 0.3 is 0 Å². The smallest absolute Gasteiger partial charge is 0.0620 e. The molecule has 13 heavy (non-hydrogen) atoms. The normalized spacial score (nSPS) is 47.7. The minimum Gasteiger partial charge on any atom is -0.380 e. The molecule has 0 aromatic heterocycles. The lowest BCUT2D eigenvalue weighted by atomic mass is 10.0. The van der Waals surface area contributed by atoms with E-state index >= 15 is 0 Å². The Bertz CT molecular complexity index is 220. The molecule has 4 atom stereocenters. The van der Waals surface area contributed by atoms with Crippen LogP contribution < -0.4 is 5.32 Å². The van der Waals surface area contributed by atoms with E-state index in [1.165, 1.54) is 19.3 Å². The molecular formula is C11H17NO. The first-order chi connectivity index (χ1) is 6.42. The fraction of sp³-hybridized carbons (Fsp3) is 0.818. The molecule has 1 aliphatic heterocycles. The van der Waals surface area contributed by atoms with Crippen LogP contribution in [0, 0.1) is 11.8 Å². The largest absolute Gasteiger partial charge is 0.380 e. The minimum atomic E-state index is 0.637. The third-order valence-corrected chi connectivity index (χ3v) is 3.66. The molecule has 72 valence electrons. The first-order valence-corrected chi connectivity index (χ1v) is 5.44. The molecular weight excluding hydrogens is 162 g/mol. The van der Waals surface area contributed by atoms with E-state index in [-0.39, 0.29) is 0 Å². The summed E-state index contributed by atoms with van der Waals surface area (Å²) in [4.78, 5) is 0. The van der Waals surface area contributed by atoms with Gasteiger partial charge in [0.1, 0.15) is 0 Å². The van der Waals surface area contributed by atoms with E-state index in [9.17, 15) is 0 Å². The van der Waals surface area contributed by atoms with Crippen molar-refractivity contribution in [3.8, 4) is 0 Å². The Morgan fingerprint density at radius 2 is 2.23 bits per heavy atom. The van der Waals surface area contributed by atoms with E-state index in [4.69, 9.17) is 4.74 Å². The van der Waals surface area contributed by atoms with Gasteiger partial charge in [-0.15, -0.1) is 0 Å². The van der Waals surface area contributed by atoms with Crippen LogP contribution >= 0.6 is 0 Å². The molecule has 1 heterocycles. The van der Waals surface area contributed by atoms with Crippen LogP contribution in [0.1, 0.15) is 19.3 Å². The molecule has 1 saturated heterocycles. The van der Waals surface area contributed by atoms with E-state index in [0.717, 1.165) is 31.1 Å². The summed E-state index contributed by atoms with van der Waals surface area (Å²) in [6.45, 7) is 1.88. The SMILES string of the molecule is C1=C[C@H]2C[C@@H]1CC2NC1CCOC1. The summed E-state index contributed by atoms with van der Waals surface area (Å²) in [7, 11) is 0. The van der Waals surface area contributed by atoms with Crippen molar-refractivity contribution in [1.82, 2.24) is 5.32 Å². The Hall–Kier alpha value is -0.340. The molecule has 2 fully saturated rings. The van der Waals surface area contributed by atoms with Gasteiger partial charge < -0.3 is 10.1 Å². The summed E-state index contributed by atoms with van der Waals surface area (Å²) >= 11 is 0. The monoisotopic (exact) mass is 179 g/mol. The van der Waals surface area contributed by atoms with Crippen LogP contribution in [0.3, 0.4) is 0 Å². The van der Waals surface area contributed by atoms with Gasteiger partial charge in [0, 0.05) is 18.7 Å². The third-order valence-electron chi connectivity index (χ3n) is 3.66. The first-order valence-electron chi connectivity index (χ1n) is 5.44. The second-order valence-corrected chi connectivity index (χ2v) is 4.61. The van der Waals surface area contributed by atoms with Crippen LogP contribution in [-0.4, -0.2) is 25.3 Å². The molecule has 2 bridgehead atoms. The highest BCUT2D eigenvalue weighted by Crippen LogP contribution is 2.39. The second kappa shape index (κ2) is 3.10. The molecule has 0 amide bonds. The maximum Gasteiger partial charge on any atom is 0.0620 e. The van der Waals surface area contributed by atoms with Gasteiger partial charge in [-0.2, -0.15) is 0 Å². The highest BCUT2D eigenvalue weighted by atomic mass is 16.5. The third kappa shape index (κ3) is 1.42. The van der Waals surface area contributed by atoms with Crippen LogP contribution in [0.5, 0.6) is 0 Å². The zero-order chi connectivity index (χ0) is 8.67. The molecule has 2 nitrogen and oxygen atoms in total. The van der Waals surface area contributed by atoms with Gasteiger partial charge in [0.2, 0.25) is 0 Å². The van der Waals surface area contributed by atoms with Crippen molar-refractivity contribution in [3.63, 3.8) is 0 Å². The lowest BCUT2D eigenvalue weighted by molar-refractivity contribution is 0.187. The van der Waals surface area contributed by atoms with Crippen molar-refractivity contribution in [2.45, 2.75) is 31.3 Å². The van der Waals surface area contributed by atoms with Crippen molar-refractivity contribution >= 4 is 0 Å². The molecule has 2 unspecified atom stereocenters. The Balaban J connectivity index is 1.58. The molecule has 3 aliphatic rings. The second-order valence-electron chi connectivity index (χ2n) is 4.61. The summed E-state index contributed by atoms with van der Waals surface area (Å²) in [6, 6.07) is 1.39. The number of allylic oxidation sites excluding steroid dienone is 1. The summed E-state index contributed by atoms with van der Waals surface area (Å²) < 4.78 is 5.37. The summed E-state index contributed by atoms with van der Waals surface area (Å²) in [5.41, 5.74) is 0. The van der Waals surface area contributed by atoms with Crippen LogP contribution in [0.15, 0.2) is 12.2 Å². The fourth-order valence-electron chi connectivity index (χ4n) is 2.94. The van der Waals surface area contributed by atoms with Crippen LogP contribution in [0.4, 0.5) is 0 Å². The molecule has 1 N–H and O–H groups in total. The van der Waals surface area contributed by atoms with E-state index in [0.29, 0.717) is 6.04 Å². The summed E-state index contributed by atoms with van der Waals surface area (Å²) in [6.07, 6.45) is 8.76. The van der Waals surface area contributed by atoms with Gasteiger partial charge in [-0.1, -0.05) is 12.2 Å². The minimum absolute atomic E-state index is 0.637. The lowest BCUT2D eigenvalue weighted by Gasteiger charge is -2.23. The van der Waals surface area contributed by atoms with Gasteiger partial charge in [-0.3, -0.25) is 0 Å². The predicted molar refractivity (Wildman–Crippen MR) is 51.5 cm³/mol. The van der Waals surface area contributed by atoms with Gasteiger partial charge in [0.15, 0.2) is 0 Å². The number of rotatable bonds is 2. The molecule has 0 radical (unpaired) electrons. The van der Waals surface area contributed by atoms with E-state index < -0.39 is 0 Å².